The summed E-state index contributed by atoms with van der Waals surface area (Å²) in [6, 6.07) is 8.73. The van der Waals surface area contributed by atoms with Gasteiger partial charge in [0, 0.05) is 16.7 Å². The number of aromatic amines is 1. The van der Waals surface area contributed by atoms with Crippen molar-refractivity contribution in [2.75, 3.05) is 0 Å². The fourth-order valence-electron chi connectivity index (χ4n) is 2.65. The standard InChI is InChI=1S/C20H23N5O3/c1-11-8-6-7-9-13(11)16-24-18(28-25-16)12(2)21-17(26)14-10-15(20(3,4)5)23-19(27)22-14/h6-10,12H,1-5H3,(H,21,26)(H,22,23,27). The number of hydrogen-bond acceptors (Lipinski definition) is 6. The smallest absolute Gasteiger partial charge is 0.339 e. The lowest BCUT2D eigenvalue weighted by molar-refractivity contribution is 0.0926. The van der Waals surface area contributed by atoms with Gasteiger partial charge in [0.15, 0.2) is 0 Å². The zero-order chi connectivity index (χ0) is 20.5. The Labute approximate surface area is 162 Å². The van der Waals surface area contributed by atoms with Gasteiger partial charge in [-0.25, -0.2) is 4.79 Å². The van der Waals surface area contributed by atoms with Gasteiger partial charge in [-0.1, -0.05) is 50.2 Å². The molecule has 2 aromatic heterocycles. The van der Waals surface area contributed by atoms with Gasteiger partial charge in [0.05, 0.1) is 0 Å². The molecule has 1 atom stereocenters. The molecule has 1 aromatic carbocycles. The number of hydrogen-bond donors (Lipinski definition) is 2. The second-order valence-corrected chi connectivity index (χ2v) is 7.70. The van der Waals surface area contributed by atoms with Crippen LogP contribution in [0, 0.1) is 6.92 Å². The zero-order valence-electron chi connectivity index (χ0n) is 16.5. The van der Waals surface area contributed by atoms with Crippen LogP contribution < -0.4 is 11.0 Å². The van der Waals surface area contributed by atoms with Crippen molar-refractivity contribution in [2.45, 2.75) is 46.1 Å². The molecule has 28 heavy (non-hydrogen) atoms. The summed E-state index contributed by atoms with van der Waals surface area (Å²) in [6.07, 6.45) is 0. The summed E-state index contributed by atoms with van der Waals surface area (Å²) in [5.74, 6) is 0.241. The minimum Gasteiger partial charge on any atom is -0.339 e. The first kappa shape index (κ1) is 19.5. The Bertz CT molecular complexity index is 1060. The van der Waals surface area contributed by atoms with E-state index in [1.165, 1.54) is 0 Å². The van der Waals surface area contributed by atoms with Gasteiger partial charge in [-0.3, -0.25) is 4.79 Å². The topological polar surface area (TPSA) is 114 Å². The lowest BCUT2D eigenvalue weighted by Gasteiger charge is -2.18. The molecule has 0 saturated carbocycles. The molecule has 1 unspecified atom stereocenters. The van der Waals surface area contributed by atoms with E-state index in [9.17, 15) is 9.59 Å². The molecule has 0 aliphatic heterocycles. The van der Waals surface area contributed by atoms with Crippen LogP contribution in [0.5, 0.6) is 0 Å². The number of rotatable bonds is 4. The van der Waals surface area contributed by atoms with Gasteiger partial charge in [0.1, 0.15) is 11.7 Å². The minimum absolute atomic E-state index is 0.0409. The van der Waals surface area contributed by atoms with E-state index in [0.29, 0.717) is 11.5 Å². The highest BCUT2D eigenvalue weighted by molar-refractivity contribution is 5.92. The maximum atomic E-state index is 12.6. The van der Waals surface area contributed by atoms with Crippen LogP contribution in [0.1, 0.15) is 61.4 Å². The highest BCUT2D eigenvalue weighted by Crippen LogP contribution is 2.22. The van der Waals surface area contributed by atoms with Crippen molar-refractivity contribution in [1.29, 1.82) is 0 Å². The number of carbonyl (C=O) groups excluding carboxylic acids is 1. The van der Waals surface area contributed by atoms with E-state index in [1.54, 1.807) is 13.0 Å². The molecule has 0 aliphatic rings. The van der Waals surface area contributed by atoms with Gasteiger partial charge in [0.25, 0.3) is 5.91 Å². The van der Waals surface area contributed by atoms with Gasteiger partial charge in [0.2, 0.25) is 11.7 Å². The molecule has 0 radical (unpaired) electrons. The van der Waals surface area contributed by atoms with Crippen LogP contribution in [0.3, 0.4) is 0 Å². The second-order valence-electron chi connectivity index (χ2n) is 7.70. The van der Waals surface area contributed by atoms with Crippen LogP contribution in [-0.2, 0) is 5.41 Å². The van der Waals surface area contributed by atoms with Crippen LogP contribution in [-0.4, -0.2) is 26.0 Å². The van der Waals surface area contributed by atoms with Crippen molar-refractivity contribution in [3.63, 3.8) is 0 Å². The summed E-state index contributed by atoms with van der Waals surface area (Å²) in [5.41, 5.74) is 1.67. The number of nitrogens with one attached hydrogen (secondary N) is 2. The average molecular weight is 381 g/mol. The Balaban J connectivity index is 1.80. The van der Waals surface area contributed by atoms with Crippen molar-refractivity contribution in [1.82, 2.24) is 25.4 Å². The van der Waals surface area contributed by atoms with Gasteiger partial charge in [-0.05, 0) is 25.5 Å². The van der Waals surface area contributed by atoms with Gasteiger partial charge >= 0.3 is 5.69 Å². The van der Waals surface area contributed by atoms with Crippen LogP contribution in [0.2, 0.25) is 0 Å². The summed E-state index contributed by atoms with van der Waals surface area (Å²) in [6.45, 7) is 9.50. The summed E-state index contributed by atoms with van der Waals surface area (Å²) in [5, 5.41) is 6.75. The Morgan fingerprint density at radius 2 is 1.93 bits per heavy atom. The molecule has 0 fully saturated rings. The van der Waals surface area contributed by atoms with E-state index in [4.69, 9.17) is 4.52 Å². The third kappa shape index (κ3) is 4.16. The Hall–Kier alpha value is -3.29. The van der Waals surface area contributed by atoms with Crippen LogP contribution in [0.4, 0.5) is 0 Å². The summed E-state index contributed by atoms with van der Waals surface area (Å²) in [7, 11) is 0. The molecule has 2 heterocycles. The number of amides is 1. The van der Waals surface area contributed by atoms with E-state index in [2.05, 4.69) is 25.4 Å². The normalized spacial score (nSPS) is 12.6. The number of H-pyrrole nitrogens is 1. The Morgan fingerprint density at radius 1 is 1.21 bits per heavy atom. The molecular formula is C20H23N5O3. The maximum absolute atomic E-state index is 12.6. The molecule has 8 nitrogen and oxygen atoms in total. The molecule has 2 N–H and O–H groups in total. The fourth-order valence-corrected chi connectivity index (χ4v) is 2.65. The molecule has 3 aromatic rings. The Kier molecular flexibility index (Phi) is 5.13. The number of aryl methyl sites for hydroxylation is 1. The van der Waals surface area contributed by atoms with Crippen LogP contribution in [0.15, 0.2) is 39.6 Å². The summed E-state index contributed by atoms with van der Waals surface area (Å²) < 4.78 is 5.31. The predicted octanol–water partition coefficient (Wildman–Crippen LogP) is 2.92. The molecule has 146 valence electrons. The monoisotopic (exact) mass is 381 g/mol. The molecule has 0 aliphatic carbocycles. The van der Waals surface area contributed by atoms with E-state index in [-0.39, 0.29) is 17.0 Å². The molecule has 0 spiro atoms. The van der Waals surface area contributed by atoms with Crippen molar-refractivity contribution in [2.24, 2.45) is 0 Å². The van der Waals surface area contributed by atoms with Crippen LogP contribution in [0.25, 0.3) is 11.4 Å². The van der Waals surface area contributed by atoms with Crippen molar-refractivity contribution >= 4 is 5.91 Å². The average Bonchev–Trinajstić information content (AvgIpc) is 3.11. The summed E-state index contributed by atoms with van der Waals surface area (Å²) in [4.78, 5) is 35.2. The van der Waals surface area contributed by atoms with E-state index < -0.39 is 17.6 Å². The number of nitrogens with zero attached hydrogens (tertiary/aromatic N) is 3. The second kappa shape index (κ2) is 7.38. The largest absolute Gasteiger partial charge is 0.345 e. The quantitative estimate of drug-likeness (QED) is 0.718. The first-order valence-corrected chi connectivity index (χ1v) is 8.97. The minimum atomic E-state index is -0.565. The molecule has 3 rings (SSSR count). The number of aromatic nitrogens is 4. The highest BCUT2D eigenvalue weighted by atomic mass is 16.5. The summed E-state index contributed by atoms with van der Waals surface area (Å²) >= 11 is 0. The molecule has 0 bridgehead atoms. The molecule has 1 amide bonds. The lowest BCUT2D eigenvalue weighted by atomic mass is 9.91. The van der Waals surface area contributed by atoms with Crippen LogP contribution >= 0.6 is 0 Å². The van der Waals surface area contributed by atoms with Crippen molar-refractivity contribution < 1.29 is 9.32 Å². The predicted molar refractivity (Wildman–Crippen MR) is 104 cm³/mol. The third-order valence-corrected chi connectivity index (χ3v) is 4.33. The van der Waals surface area contributed by atoms with Gasteiger partial charge in [-0.2, -0.15) is 9.97 Å². The lowest BCUT2D eigenvalue weighted by Crippen LogP contribution is -2.31. The SMILES string of the molecule is Cc1ccccc1-c1noc(C(C)NC(=O)c2cc(C(C)(C)C)[nH]c(=O)n2)n1. The number of benzene rings is 1. The molecule has 8 heteroatoms. The zero-order valence-corrected chi connectivity index (χ0v) is 16.5. The van der Waals surface area contributed by atoms with Crippen molar-refractivity contribution in [3.05, 3.63) is 63.7 Å². The molecular weight excluding hydrogens is 358 g/mol. The van der Waals surface area contributed by atoms with E-state index in [1.807, 2.05) is 52.0 Å². The first-order chi connectivity index (χ1) is 13.1. The highest BCUT2D eigenvalue weighted by Gasteiger charge is 2.22. The first-order valence-electron chi connectivity index (χ1n) is 8.97. The van der Waals surface area contributed by atoms with Gasteiger partial charge in [-0.15, -0.1) is 0 Å². The number of carbonyl (C=O) groups is 1. The third-order valence-electron chi connectivity index (χ3n) is 4.33. The Morgan fingerprint density at radius 3 is 2.61 bits per heavy atom. The van der Waals surface area contributed by atoms with Gasteiger partial charge < -0.3 is 14.8 Å². The fraction of sp³-hybridized carbons (Fsp3) is 0.350. The van der Waals surface area contributed by atoms with E-state index >= 15 is 0 Å². The molecule has 0 saturated heterocycles. The maximum Gasteiger partial charge on any atom is 0.345 e. The van der Waals surface area contributed by atoms with Crippen molar-refractivity contribution in [3.8, 4) is 11.4 Å². The van der Waals surface area contributed by atoms with E-state index in [0.717, 1.165) is 11.1 Å².